The maximum absolute atomic E-state index is 12.3. The Morgan fingerprint density at radius 2 is 2.08 bits per heavy atom. The first kappa shape index (κ1) is 17.0. The van der Waals surface area contributed by atoms with Gasteiger partial charge >= 0.3 is 0 Å². The number of amides is 1. The molecular weight excluding hydrogens is 322 g/mol. The number of rotatable bonds is 5. The molecule has 0 radical (unpaired) electrons. The SMILES string of the molecule is C[C@H]1[C@@H](NC(=O)CSc2nnnn2-c2ccccc2)CCC[C@@H]1C. The molecule has 0 bridgehead atoms. The quantitative estimate of drug-likeness (QED) is 0.844. The Morgan fingerprint density at radius 1 is 1.29 bits per heavy atom. The zero-order chi connectivity index (χ0) is 16.9. The lowest BCUT2D eigenvalue weighted by Gasteiger charge is -2.34. The van der Waals surface area contributed by atoms with Crippen molar-refractivity contribution in [1.29, 1.82) is 0 Å². The summed E-state index contributed by atoms with van der Waals surface area (Å²) in [6.45, 7) is 4.50. The largest absolute Gasteiger partial charge is 0.352 e. The number of aromatic nitrogens is 4. The monoisotopic (exact) mass is 345 g/mol. The molecule has 128 valence electrons. The Balaban J connectivity index is 1.57. The highest BCUT2D eigenvalue weighted by Gasteiger charge is 2.28. The molecule has 1 aliphatic carbocycles. The molecule has 3 rings (SSSR count). The molecule has 1 aliphatic rings. The van der Waals surface area contributed by atoms with Gasteiger partial charge in [0.1, 0.15) is 0 Å². The number of thioether (sulfide) groups is 1. The number of hydrogen-bond donors (Lipinski definition) is 1. The first-order chi connectivity index (χ1) is 11.6. The molecule has 24 heavy (non-hydrogen) atoms. The van der Waals surface area contributed by atoms with E-state index in [1.54, 1.807) is 4.68 Å². The lowest BCUT2D eigenvalue weighted by atomic mass is 9.78. The fraction of sp³-hybridized carbons (Fsp3) is 0.529. The van der Waals surface area contributed by atoms with Crippen molar-refractivity contribution in [3.8, 4) is 5.69 Å². The molecule has 1 heterocycles. The summed E-state index contributed by atoms with van der Waals surface area (Å²) >= 11 is 1.36. The van der Waals surface area contributed by atoms with E-state index in [0.29, 0.717) is 22.7 Å². The van der Waals surface area contributed by atoms with Crippen LogP contribution in [0.3, 0.4) is 0 Å². The number of carbonyl (C=O) groups is 1. The maximum atomic E-state index is 12.3. The Bertz CT molecular complexity index is 675. The molecule has 0 saturated heterocycles. The number of carbonyl (C=O) groups excluding carboxylic acids is 1. The zero-order valence-corrected chi connectivity index (χ0v) is 14.9. The minimum atomic E-state index is 0.0496. The third kappa shape index (κ3) is 3.95. The molecule has 1 aromatic carbocycles. The van der Waals surface area contributed by atoms with Gasteiger partial charge in [0.05, 0.1) is 11.4 Å². The Kier molecular flexibility index (Phi) is 5.50. The van der Waals surface area contributed by atoms with Crippen molar-refractivity contribution < 1.29 is 4.79 Å². The summed E-state index contributed by atoms with van der Waals surface area (Å²) in [5, 5.41) is 15.6. The fourth-order valence-electron chi connectivity index (χ4n) is 3.16. The smallest absolute Gasteiger partial charge is 0.230 e. The molecule has 1 N–H and O–H groups in total. The number of para-hydroxylation sites is 1. The van der Waals surface area contributed by atoms with E-state index in [-0.39, 0.29) is 11.9 Å². The van der Waals surface area contributed by atoms with Crippen LogP contribution >= 0.6 is 11.8 Å². The molecule has 2 aromatic rings. The highest BCUT2D eigenvalue weighted by molar-refractivity contribution is 7.99. The average molecular weight is 345 g/mol. The minimum absolute atomic E-state index is 0.0496. The van der Waals surface area contributed by atoms with Gasteiger partial charge in [0, 0.05) is 6.04 Å². The predicted molar refractivity (Wildman–Crippen MR) is 94.0 cm³/mol. The van der Waals surface area contributed by atoms with Gasteiger partial charge in [0.15, 0.2) is 0 Å². The molecule has 7 heteroatoms. The van der Waals surface area contributed by atoms with E-state index < -0.39 is 0 Å². The van der Waals surface area contributed by atoms with Gasteiger partial charge in [-0.3, -0.25) is 4.79 Å². The summed E-state index contributed by atoms with van der Waals surface area (Å²) < 4.78 is 1.66. The second kappa shape index (κ2) is 7.79. The van der Waals surface area contributed by atoms with Crippen molar-refractivity contribution in [3.05, 3.63) is 30.3 Å². The Labute approximate surface area is 146 Å². The normalized spacial score (nSPS) is 23.8. The van der Waals surface area contributed by atoms with Crippen molar-refractivity contribution in [2.24, 2.45) is 11.8 Å². The average Bonchev–Trinajstić information content (AvgIpc) is 3.06. The number of nitrogens with zero attached hydrogens (tertiary/aromatic N) is 4. The van der Waals surface area contributed by atoms with Gasteiger partial charge in [-0.25, -0.2) is 0 Å². The van der Waals surface area contributed by atoms with Crippen molar-refractivity contribution in [2.45, 2.75) is 44.3 Å². The summed E-state index contributed by atoms with van der Waals surface area (Å²) in [7, 11) is 0. The van der Waals surface area contributed by atoms with Crippen LogP contribution in [0.25, 0.3) is 5.69 Å². The van der Waals surface area contributed by atoms with Crippen molar-refractivity contribution in [1.82, 2.24) is 25.5 Å². The van der Waals surface area contributed by atoms with Crippen molar-refractivity contribution in [2.75, 3.05) is 5.75 Å². The van der Waals surface area contributed by atoms with Crippen LogP contribution in [0.15, 0.2) is 35.5 Å². The molecule has 1 fully saturated rings. The molecule has 3 atom stereocenters. The second-order valence-electron chi connectivity index (χ2n) is 6.44. The van der Waals surface area contributed by atoms with Gasteiger partial charge in [-0.2, -0.15) is 4.68 Å². The molecular formula is C17H23N5OS. The first-order valence-corrected chi connectivity index (χ1v) is 9.39. The van der Waals surface area contributed by atoms with Crippen LogP contribution in [0.4, 0.5) is 0 Å². The lowest BCUT2D eigenvalue weighted by Crippen LogP contribution is -2.44. The summed E-state index contributed by atoms with van der Waals surface area (Å²) in [6, 6.07) is 9.97. The molecule has 6 nitrogen and oxygen atoms in total. The van der Waals surface area contributed by atoms with E-state index in [2.05, 4.69) is 34.7 Å². The zero-order valence-electron chi connectivity index (χ0n) is 14.1. The first-order valence-electron chi connectivity index (χ1n) is 8.41. The van der Waals surface area contributed by atoms with E-state index in [1.165, 1.54) is 24.6 Å². The number of nitrogens with one attached hydrogen (secondary N) is 1. The molecule has 0 unspecified atom stereocenters. The van der Waals surface area contributed by atoms with E-state index in [4.69, 9.17) is 0 Å². The van der Waals surface area contributed by atoms with Crippen LogP contribution in [0.2, 0.25) is 0 Å². The minimum Gasteiger partial charge on any atom is -0.352 e. The van der Waals surface area contributed by atoms with Crippen LogP contribution in [-0.4, -0.2) is 37.9 Å². The number of benzene rings is 1. The number of hydrogen-bond acceptors (Lipinski definition) is 5. The van der Waals surface area contributed by atoms with E-state index in [1.807, 2.05) is 30.3 Å². The molecule has 0 aliphatic heterocycles. The van der Waals surface area contributed by atoms with Gasteiger partial charge in [-0.15, -0.1) is 5.10 Å². The third-order valence-electron chi connectivity index (χ3n) is 4.83. The molecule has 0 spiro atoms. The molecule has 1 amide bonds. The van der Waals surface area contributed by atoms with Crippen LogP contribution in [0, 0.1) is 11.8 Å². The van der Waals surface area contributed by atoms with Gasteiger partial charge in [-0.1, -0.05) is 56.7 Å². The van der Waals surface area contributed by atoms with E-state index >= 15 is 0 Å². The van der Waals surface area contributed by atoms with Gasteiger partial charge in [0.25, 0.3) is 0 Å². The third-order valence-corrected chi connectivity index (χ3v) is 5.75. The summed E-state index contributed by atoms with van der Waals surface area (Å²) in [6.07, 6.45) is 3.52. The number of tetrazole rings is 1. The highest BCUT2D eigenvalue weighted by Crippen LogP contribution is 2.29. The van der Waals surface area contributed by atoms with Crippen LogP contribution < -0.4 is 5.32 Å². The van der Waals surface area contributed by atoms with Crippen LogP contribution in [-0.2, 0) is 4.79 Å². The topological polar surface area (TPSA) is 72.7 Å². The Morgan fingerprint density at radius 3 is 2.88 bits per heavy atom. The molecule has 1 aromatic heterocycles. The Hall–Kier alpha value is -1.89. The second-order valence-corrected chi connectivity index (χ2v) is 7.38. The van der Waals surface area contributed by atoms with Gasteiger partial charge < -0.3 is 5.32 Å². The highest BCUT2D eigenvalue weighted by atomic mass is 32.2. The van der Waals surface area contributed by atoms with Crippen LogP contribution in [0.5, 0.6) is 0 Å². The maximum Gasteiger partial charge on any atom is 0.230 e. The fourth-order valence-corrected chi connectivity index (χ4v) is 3.87. The van der Waals surface area contributed by atoms with Crippen LogP contribution in [0.1, 0.15) is 33.1 Å². The lowest BCUT2D eigenvalue weighted by molar-refractivity contribution is -0.120. The van der Waals surface area contributed by atoms with E-state index in [0.717, 1.165) is 12.1 Å². The van der Waals surface area contributed by atoms with Gasteiger partial charge in [0.2, 0.25) is 11.1 Å². The van der Waals surface area contributed by atoms with E-state index in [9.17, 15) is 4.79 Å². The summed E-state index contributed by atoms with van der Waals surface area (Å²) in [4.78, 5) is 12.3. The van der Waals surface area contributed by atoms with Gasteiger partial charge in [-0.05, 0) is 40.8 Å². The van der Waals surface area contributed by atoms with Crippen molar-refractivity contribution in [3.63, 3.8) is 0 Å². The predicted octanol–water partition coefficient (Wildman–Crippen LogP) is 2.70. The standard InChI is InChI=1S/C17H23N5OS/c1-12-7-6-10-15(13(12)2)18-16(23)11-24-17-19-20-21-22(17)14-8-4-3-5-9-14/h3-5,8-9,12-13,15H,6-7,10-11H2,1-2H3,(H,18,23)/t12-,13+,15-/m0/s1. The summed E-state index contributed by atoms with van der Waals surface area (Å²) in [5.74, 6) is 1.57. The summed E-state index contributed by atoms with van der Waals surface area (Å²) in [5.41, 5.74) is 0.889. The van der Waals surface area contributed by atoms with Crippen molar-refractivity contribution >= 4 is 17.7 Å². The molecule has 1 saturated carbocycles.